The first-order valence-electron chi connectivity index (χ1n) is 5.92. The zero-order chi connectivity index (χ0) is 12.7. The van der Waals surface area contributed by atoms with Gasteiger partial charge in [-0.3, -0.25) is 4.79 Å². The van der Waals surface area contributed by atoms with Gasteiger partial charge in [0.25, 0.3) is 5.91 Å². The molecular weight excluding hydrogens is 228 g/mol. The second-order valence-electron chi connectivity index (χ2n) is 4.48. The van der Waals surface area contributed by atoms with Crippen molar-refractivity contribution in [2.75, 3.05) is 17.2 Å². The summed E-state index contributed by atoms with van der Waals surface area (Å²) in [5, 5.41) is 0. The third-order valence-corrected chi connectivity index (χ3v) is 3.37. The molecule has 4 heteroatoms. The van der Waals surface area contributed by atoms with E-state index in [1.54, 1.807) is 17.2 Å². The average molecular weight is 242 g/mol. The second kappa shape index (κ2) is 3.91. The van der Waals surface area contributed by atoms with Crippen LogP contribution in [-0.2, 0) is 6.42 Å². The Labute approximate surface area is 105 Å². The molecule has 0 unspecified atom stereocenters. The van der Waals surface area contributed by atoms with E-state index in [-0.39, 0.29) is 5.91 Å². The maximum absolute atomic E-state index is 12.4. The highest BCUT2D eigenvalue weighted by Crippen LogP contribution is 2.33. The van der Waals surface area contributed by atoms with Gasteiger partial charge in [-0.2, -0.15) is 0 Å². The number of nitrogens with two attached hydrogens (primary N) is 1. The van der Waals surface area contributed by atoms with E-state index < -0.39 is 0 Å². The molecule has 4 nitrogen and oxygen atoms in total. The molecule has 1 aliphatic rings. The molecule has 0 aliphatic carbocycles. The van der Waals surface area contributed by atoms with E-state index in [1.807, 2.05) is 25.1 Å². The summed E-state index contributed by atoms with van der Waals surface area (Å²) in [5.41, 5.74) is 9.48. The Balaban J connectivity index is 2.00. The number of nitrogens with zero attached hydrogens (tertiary/aromatic N) is 1. The van der Waals surface area contributed by atoms with Gasteiger partial charge in [-0.1, -0.05) is 6.07 Å². The summed E-state index contributed by atoms with van der Waals surface area (Å²) in [7, 11) is 0. The van der Waals surface area contributed by atoms with Crippen LogP contribution in [0.4, 0.5) is 11.4 Å². The van der Waals surface area contributed by atoms with Crippen molar-refractivity contribution in [1.82, 2.24) is 0 Å². The molecule has 1 aliphatic heterocycles. The van der Waals surface area contributed by atoms with Crippen LogP contribution >= 0.6 is 0 Å². The van der Waals surface area contributed by atoms with E-state index in [0.717, 1.165) is 28.9 Å². The molecule has 92 valence electrons. The first-order chi connectivity index (χ1) is 8.68. The lowest BCUT2D eigenvalue weighted by molar-refractivity contribution is 0.0962. The van der Waals surface area contributed by atoms with E-state index in [4.69, 9.17) is 10.2 Å². The van der Waals surface area contributed by atoms with Crippen molar-refractivity contribution in [1.29, 1.82) is 0 Å². The van der Waals surface area contributed by atoms with Gasteiger partial charge in [0.05, 0.1) is 6.26 Å². The molecule has 0 saturated carbocycles. The zero-order valence-electron chi connectivity index (χ0n) is 10.1. The number of carbonyl (C=O) groups excluding carboxylic acids is 1. The summed E-state index contributed by atoms with van der Waals surface area (Å²) in [6, 6.07) is 7.46. The Morgan fingerprint density at radius 1 is 1.39 bits per heavy atom. The summed E-state index contributed by atoms with van der Waals surface area (Å²) >= 11 is 0. The van der Waals surface area contributed by atoms with Crippen molar-refractivity contribution >= 4 is 17.3 Å². The lowest BCUT2D eigenvalue weighted by Crippen LogP contribution is -2.28. The third kappa shape index (κ3) is 1.49. The SMILES string of the molecule is Cc1ccoc1C(=O)N1CCc2c(N)cccc21. The molecule has 0 atom stereocenters. The Hall–Kier alpha value is -2.23. The highest BCUT2D eigenvalue weighted by molar-refractivity contribution is 6.06. The highest BCUT2D eigenvalue weighted by atomic mass is 16.3. The van der Waals surface area contributed by atoms with Gasteiger partial charge in [0.2, 0.25) is 0 Å². The van der Waals surface area contributed by atoms with Gasteiger partial charge in [-0.05, 0) is 31.5 Å². The molecule has 2 N–H and O–H groups in total. The van der Waals surface area contributed by atoms with E-state index in [0.29, 0.717) is 12.3 Å². The summed E-state index contributed by atoms with van der Waals surface area (Å²) in [5.74, 6) is 0.312. The summed E-state index contributed by atoms with van der Waals surface area (Å²) in [6.07, 6.45) is 2.34. The molecule has 1 aromatic carbocycles. The molecule has 0 saturated heterocycles. The number of nitrogen functional groups attached to an aromatic ring is 1. The van der Waals surface area contributed by atoms with Gasteiger partial charge in [-0.25, -0.2) is 0 Å². The number of furan rings is 1. The summed E-state index contributed by atoms with van der Waals surface area (Å²) in [6.45, 7) is 2.52. The molecule has 3 rings (SSSR count). The van der Waals surface area contributed by atoms with E-state index >= 15 is 0 Å². The minimum atomic E-state index is -0.0955. The third-order valence-electron chi connectivity index (χ3n) is 3.37. The molecular formula is C14H14N2O2. The van der Waals surface area contributed by atoms with Gasteiger partial charge in [0.15, 0.2) is 5.76 Å². The number of benzene rings is 1. The molecule has 0 spiro atoms. The maximum atomic E-state index is 12.4. The van der Waals surface area contributed by atoms with Gasteiger partial charge in [0.1, 0.15) is 0 Å². The quantitative estimate of drug-likeness (QED) is 0.781. The van der Waals surface area contributed by atoms with Crippen LogP contribution in [0, 0.1) is 6.92 Å². The number of aryl methyl sites for hydroxylation is 1. The number of rotatable bonds is 1. The zero-order valence-corrected chi connectivity index (χ0v) is 10.1. The molecule has 0 radical (unpaired) electrons. The van der Waals surface area contributed by atoms with Gasteiger partial charge >= 0.3 is 0 Å². The second-order valence-corrected chi connectivity index (χ2v) is 4.48. The summed E-state index contributed by atoms with van der Waals surface area (Å²) in [4.78, 5) is 14.1. The van der Waals surface area contributed by atoms with Crippen molar-refractivity contribution in [3.63, 3.8) is 0 Å². The van der Waals surface area contributed by atoms with Crippen LogP contribution in [0.5, 0.6) is 0 Å². The van der Waals surface area contributed by atoms with Crippen molar-refractivity contribution in [2.24, 2.45) is 0 Å². The first kappa shape index (κ1) is 10.9. The van der Waals surface area contributed by atoms with Crippen LogP contribution in [0.15, 0.2) is 34.9 Å². The number of carbonyl (C=O) groups is 1. The fourth-order valence-electron chi connectivity index (χ4n) is 2.39. The molecule has 18 heavy (non-hydrogen) atoms. The Morgan fingerprint density at radius 2 is 2.22 bits per heavy atom. The lowest BCUT2D eigenvalue weighted by Gasteiger charge is -2.16. The topological polar surface area (TPSA) is 59.5 Å². The Bertz CT molecular complexity index is 616. The Morgan fingerprint density at radius 3 is 2.94 bits per heavy atom. The number of hydrogen-bond acceptors (Lipinski definition) is 3. The molecule has 2 heterocycles. The smallest absolute Gasteiger partial charge is 0.294 e. The number of fused-ring (bicyclic) bond motifs is 1. The van der Waals surface area contributed by atoms with E-state index in [9.17, 15) is 4.79 Å². The average Bonchev–Trinajstić information content (AvgIpc) is 2.95. The minimum absolute atomic E-state index is 0.0955. The van der Waals surface area contributed by atoms with Crippen LogP contribution in [0.3, 0.4) is 0 Å². The molecule has 1 amide bonds. The number of amides is 1. The van der Waals surface area contributed by atoms with Crippen LogP contribution in [0.2, 0.25) is 0 Å². The molecule has 1 aromatic heterocycles. The Kier molecular flexibility index (Phi) is 2.37. The van der Waals surface area contributed by atoms with Gasteiger partial charge in [-0.15, -0.1) is 0 Å². The predicted molar refractivity (Wildman–Crippen MR) is 69.7 cm³/mol. The van der Waals surface area contributed by atoms with E-state index in [2.05, 4.69) is 0 Å². The fourth-order valence-corrected chi connectivity index (χ4v) is 2.39. The number of anilines is 2. The van der Waals surface area contributed by atoms with Gasteiger partial charge in [0, 0.05) is 29.0 Å². The lowest BCUT2D eigenvalue weighted by atomic mass is 10.1. The first-order valence-corrected chi connectivity index (χ1v) is 5.92. The highest BCUT2D eigenvalue weighted by Gasteiger charge is 2.28. The van der Waals surface area contributed by atoms with Crippen molar-refractivity contribution < 1.29 is 9.21 Å². The normalized spacial score (nSPS) is 13.7. The van der Waals surface area contributed by atoms with Crippen molar-refractivity contribution in [3.8, 4) is 0 Å². The molecule has 0 fully saturated rings. The van der Waals surface area contributed by atoms with Crippen molar-refractivity contribution in [2.45, 2.75) is 13.3 Å². The minimum Gasteiger partial charge on any atom is -0.459 e. The van der Waals surface area contributed by atoms with Gasteiger partial charge < -0.3 is 15.1 Å². The summed E-state index contributed by atoms with van der Waals surface area (Å²) < 4.78 is 5.26. The molecule has 2 aromatic rings. The standard InChI is InChI=1S/C14H14N2O2/c1-9-6-8-18-13(9)14(17)16-7-5-10-11(15)3-2-4-12(10)16/h2-4,6,8H,5,7,15H2,1H3. The van der Waals surface area contributed by atoms with Crippen LogP contribution in [-0.4, -0.2) is 12.5 Å². The maximum Gasteiger partial charge on any atom is 0.294 e. The van der Waals surface area contributed by atoms with Crippen LogP contribution in [0.1, 0.15) is 21.7 Å². The van der Waals surface area contributed by atoms with Crippen LogP contribution in [0.25, 0.3) is 0 Å². The fraction of sp³-hybridized carbons (Fsp3) is 0.214. The van der Waals surface area contributed by atoms with Crippen LogP contribution < -0.4 is 10.6 Å². The van der Waals surface area contributed by atoms with Crippen molar-refractivity contribution in [3.05, 3.63) is 47.4 Å². The monoisotopic (exact) mass is 242 g/mol. The number of hydrogen-bond donors (Lipinski definition) is 1. The molecule has 0 bridgehead atoms. The predicted octanol–water partition coefficient (Wildman–Crippen LogP) is 2.37. The largest absolute Gasteiger partial charge is 0.459 e. The van der Waals surface area contributed by atoms with E-state index in [1.165, 1.54) is 0 Å².